The maximum absolute atomic E-state index is 13.9. The molecular weight excluding hydrogens is 241 g/mol. The Hall–Kier alpha value is -1.44. The summed E-state index contributed by atoms with van der Waals surface area (Å²) >= 11 is 0. The summed E-state index contributed by atoms with van der Waals surface area (Å²) in [5.74, 6) is -0.299. The van der Waals surface area contributed by atoms with Gasteiger partial charge in [0, 0.05) is 30.7 Å². The van der Waals surface area contributed by atoms with E-state index in [-0.39, 0.29) is 5.82 Å². The molecule has 19 heavy (non-hydrogen) atoms. The van der Waals surface area contributed by atoms with E-state index in [1.807, 2.05) is 6.07 Å². The van der Waals surface area contributed by atoms with Crippen molar-refractivity contribution in [1.82, 2.24) is 4.90 Å². The first-order chi connectivity index (χ1) is 9.15. The molecule has 2 atom stereocenters. The molecule has 1 aromatic rings. The Bertz CT molecular complexity index is 481. The van der Waals surface area contributed by atoms with Crippen molar-refractivity contribution in [3.63, 3.8) is 0 Å². The summed E-state index contributed by atoms with van der Waals surface area (Å²) in [7, 11) is 0. The zero-order valence-corrected chi connectivity index (χ0v) is 11.3. The van der Waals surface area contributed by atoms with Gasteiger partial charge in [0.2, 0.25) is 0 Å². The first-order valence-electron chi connectivity index (χ1n) is 6.80. The number of piperidine rings is 1. The van der Waals surface area contributed by atoms with Gasteiger partial charge in [0.05, 0.1) is 11.6 Å². The van der Waals surface area contributed by atoms with E-state index in [0.29, 0.717) is 36.3 Å². The summed E-state index contributed by atoms with van der Waals surface area (Å²) in [6.45, 7) is 3.35. The Morgan fingerprint density at radius 2 is 2.26 bits per heavy atom. The standard InChI is InChI=1S/C15H20FN3/c1-11-3-2-4-14(9-18)19(11)10-13-6-5-12(8-17)7-15(13)16/h5-7,11,14H,2-4,9-10,18H2,1H3. The van der Waals surface area contributed by atoms with E-state index >= 15 is 0 Å². The largest absolute Gasteiger partial charge is 0.329 e. The highest BCUT2D eigenvalue weighted by molar-refractivity contribution is 5.32. The van der Waals surface area contributed by atoms with Gasteiger partial charge in [-0.1, -0.05) is 12.5 Å². The molecule has 0 amide bonds. The number of benzene rings is 1. The van der Waals surface area contributed by atoms with Gasteiger partial charge in [0.15, 0.2) is 0 Å². The molecule has 0 spiro atoms. The van der Waals surface area contributed by atoms with Gasteiger partial charge in [-0.2, -0.15) is 5.26 Å². The van der Waals surface area contributed by atoms with E-state index in [9.17, 15) is 4.39 Å². The van der Waals surface area contributed by atoms with Crippen LogP contribution in [-0.2, 0) is 6.54 Å². The minimum Gasteiger partial charge on any atom is -0.329 e. The highest BCUT2D eigenvalue weighted by Gasteiger charge is 2.27. The molecule has 0 aliphatic carbocycles. The van der Waals surface area contributed by atoms with Crippen LogP contribution in [0.5, 0.6) is 0 Å². The SMILES string of the molecule is CC1CCCC(CN)N1Cc1ccc(C#N)cc1F. The third-order valence-corrected chi connectivity index (χ3v) is 4.00. The first kappa shape index (κ1) is 14.0. The molecule has 2 unspecified atom stereocenters. The van der Waals surface area contributed by atoms with Gasteiger partial charge in [0.25, 0.3) is 0 Å². The fourth-order valence-electron chi connectivity index (χ4n) is 2.82. The number of likely N-dealkylation sites (tertiary alicyclic amines) is 1. The van der Waals surface area contributed by atoms with Crippen LogP contribution in [0, 0.1) is 17.1 Å². The number of hydrogen-bond acceptors (Lipinski definition) is 3. The molecule has 2 N–H and O–H groups in total. The molecule has 1 aromatic carbocycles. The van der Waals surface area contributed by atoms with Gasteiger partial charge in [-0.3, -0.25) is 4.90 Å². The Morgan fingerprint density at radius 1 is 1.47 bits per heavy atom. The van der Waals surface area contributed by atoms with Crippen LogP contribution in [0.15, 0.2) is 18.2 Å². The molecule has 0 radical (unpaired) electrons. The summed E-state index contributed by atoms with van der Waals surface area (Å²) in [5, 5.41) is 8.75. The maximum atomic E-state index is 13.9. The molecule has 1 saturated heterocycles. The monoisotopic (exact) mass is 261 g/mol. The van der Waals surface area contributed by atoms with Gasteiger partial charge in [-0.05, 0) is 31.9 Å². The summed E-state index contributed by atoms with van der Waals surface area (Å²) in [6, 6.07) is 7.40. The Kier molecular flexibility index (Phi) is 4.52. The van der Waals surface area contributed by atoms with E-state index in [1.54, 1.807) is 12.1 Å². The molecule has 0 aromatic heterocycles. The number of rotatable bonds is 3. The van der Waals surface area contributed by atoms with Gasteiger partial charge >= 0.3 is 0 Å². The molecule has 4 heteroatoms. The zero-order valence-electron chi connectivity index (χ0n) is 11.3. The lowest BCUT2D eigenvalue weighted by Gasteiger charge is -2.40. The molecule has 1 aliphatic rings. The number of hydrogen-bond donors (Lipinski definition) is 1. The molecule has 0 bridgehead atoms. The third-order valence-electron chi connectivity index (χ3n) is 4.00. The fraction of sp³-hybridized carbons (Fsp3) is 0.533. The second kappa shape index (κ2) is 6.14. The van der Waals surface area contributed by atoms with Crippen molar-refractivity contribution in [3.8, 4) is 6.07 Å². The van der Waals surface area contributed by atoms with Crippen molar-refractivity contribution < 1.29 is 4.39 Å². The predicted octanol–water partition coefficient (Wildman–Crippen LogP) is 2.40. The van der Waals surface area contributed by atoms with Crippen molar-refractivity contribution >= 4 is 0 Å². The molecule has 2 rings (SSSR count). The van der Waals surface area contributed by atoms with Crippen molar-refractivity contribution in [1.29, 1.82) is 5.26 Å². The lowest BCUT2D eigenvalue weighted by Crippen LogP contribution is -2.48. The molecule has 1 heterocycles. The van der Waals surface area contributed by atoms with Crippen LogP contribution >= 0.6 is 0 Å². The van der Waals surface area contributed by atoms with Crippen molar-refractivity contribution in [2.75, 3.05) is 6.54 Å². The highest BCUT2D eigenvalue weighted by atomic mass is 19.1. The van der Waals surface area contributed by atoms with Crippen LogP contribution in [0.25, 0.3) is 0 Å². The van der Waals surface area contributed by atoms with Crippen molar-refractivity contribution in [2.24, 2.45) is 5.73 Å². The number of nitrogens with zero attached hydrogens (tertiary/aromatic N) is 2. The Labute approximate surface area is 113 Å². The van der Waals surface area contributed by atoms with Crippen LogP contribution in [0.3, 0.4) is 0 Å². The Balaban J connectivity index is 2.17. The van der Waals surface area contributed by atoms with Crippen LogP contribution in [-0.4, -0.2) is 23.5 Å². The van der Waals surface area contributed by atoms with Gasteiger partial charge < -0.3 is 5.73 Å². The molecule has 0 saturated carbocycles. The molecule has 1 aliphatic heterocycles. The van der Waals surface area contributed by atoms with Crippen LogP contribution in [0.1, 0.15) is 37.3 Å². The summed E-state index contributed by atoms with van der Waals surface area (Å²) in [4.78, 5) is 2.29. The van der Waals surface area contributed by atoms with E-state index < -0.39 is 0 Å². The summed E-state index contributed by atoms with van der Waals surface area (Å²) in [6.07, 6.45) is 3.41. The van der Waals surface area contributed by atoms with E-state index in [0.717, 1.165) is 12.8 Å². The first-order valence-corrected chi connectivity index (χ1v) is 6.80. The van der Waals surface area contributed by atoms with Gasteiger partial charge in [-0.15, -0.1) is 0 Å². The van der Waals surface area contributed by atoms with Crippen molar-refractivity contribution in [2.45, 2.75) is 44.8 Å². The second-order valence-corrected chi connectivity index (χ2v) is 5.26. The fourth-order valence-corrected chi connectivity index (χ4v) is 2.82. The molecular formula is C15H20FN3. The third kappa shape index (κ3) is 3.12. The number of halogens is 1. The molecule has 102 valence electrons. The molecule has 1 fully saturated rings. The van der Waals surface area contributed by atoms with Gasteiger partial charge in [0.1, 0.15) is 5.82 Å². The average molecular weight is 261 g/mol. The zero-order chi connectivity index (χ0) is 13.8. The van der Waals surface area contributed by atoms with Crippen molar-refractivity contribution in [3.05, 3.63) is 35.1 Å². The average Bonchev–Trinajstić information content (AvgIpc) is 2.42. The van der Waals surface area contributed by atoms with E-state index in [4.69, 9.17) is 11.0 Å². The van der Waals surface area contributed by atoms with E-state index in [1.165, 1.54) is 12.5 Å². The second-order valence-electron chi connectivity index (χ2n) is 5.26. The maximum Gasteiger partial charge on any atom is 0.129 e. The lowest BCUT2D eigenvalue weighted by atomic mass is 9.95. The minimum atomic E-state index is -0.299. The van der Waals surface area contributed by atoms with Gasteiger partial charge in [-0.25, -0.2) is 4.39 Å². The van der Waals surface area contributed by atoms with E-state index in [2.05, 4.69) is 11.8 Å². The summed E-state index contributed by atoms with van der Waals surface area (Å²) in [5.41, 5.74) is 6.82. The molecule has 3 nitrogen and oxygen atoms in total. The Morgan fingerprint density at radius 3 is 2.89 bits per heavy atom. The quantitative estimate of drug-likeness (QED) is 0.909. The number of nitrogens with two attached hydrogens (primary N) is 1. The van der Waals surface area contributed by atoms with Crippen LogP contribution in [0.2, 0.25) is 0 Å². The topological polar surface area (TPSA) is 53.0 Å². The lowest BCUT2D eigenvalue weighted by molar-refractivity contribution is 0.0880. The van der Waals surface area contributed by atoms with Crippen LogP contribution < -0.4 is 5.73 Å². The highest BCUT2D eigenvalue weighted by Crippen LogP contribution is 2.25. The predicted molar refractivity (Wildman–Crippen MR) is 72.8 cm³/mol. The smallest absolute Gasteiger partial charge is 0.129 e. The minimum absolute atomic E-state index is 0.299. The normalized spacial score (nSPS) is 24.1. The van der Waals surface area contributed by atoms with Crippen LogP contribution in [0.4, 0.5) is 4.39 Å². The summed E-state index contributed by atoms with van der Waals surface area (Å²) < 4.78 is 13.9. The number of nitriles is 1.